The van der Waals surface area contributed by atoms with Crippen molar-refractivity contribution in [3.05, 3.63) is 53.6 Å². The lowest BCUT2D eigenvalue weighted by Gasteiger charge is -2.25. The maximum absolute atomic E-state index is 14.4. The quantitative estimate of drug-likeness (QED) is 0.408. The number of rotatable bonds is 9. The van der Waals surface area contributed by atoms with Gasteiger partial charge in [0, 0.05) is 6.42 Å². The van der Waals surface area contributed by atoms with Crippen LogP contribution in [0.4, 0.5) is 8.78 Å². The molecule has 5 heteroatoms. The number of hydrogen-bond acceptors (Lipinski definition) is 3. The minimum Gasteiger partial charge on any atom is -0.488 e. The van der Waals surface area contributed by atoms with Gasteiger partial charge in [0.05, 0.1) is 13.2 Å². The Balaban J connectivity index is 1.64. The molecule has 150 valence electrons. The van der Waals surface area contributed by atoms with Crippen LogP contribution in [0.2, 0.25) is 0 Å². The van der Waals surface area contributed by atoms with E-state index in [-0.39, 0.29) is 19.0 Å². The van der Waals surface area contributed by atoms with E-state index in [0.29, 0.717) is 18.6 Å². The summed E-state index contributed by atoms with van der Waals surface area (Å²) in [4.78, 5) is 11.3. The Morgan fingerprint density at radius 2 is 1.86 bits per heavy atom. The normalized spacial score (nSPS) is 13.8. The van der Waals surface area contributed by atoms with E-state index >= 15 is 0 Å². The van der Waals surface area contributed by atoms with Gasteiger partial charge in [-0.25, -0.2) is 8.78 Å². The van der Waals surface area contributed by atoms with Crippen LogP contribution in [-0.4, -0.2) is 19.2 Å². The Morgan fingerprint density at radius 3 is 2.50 bits per heavy atom. The summed E-state index contributed by atoms with van der Waals surface area (Å²) < 4.78 is 38.9. The highest BCUT2D eigenvalue weighted by Gasteiger charge is 2.18. The predicted octanol–water partition coefficient (Wildman–Crippen LogP) is 5.70. The fourth-order valence-electron chi connectivity index (χ4n) is 3.40. The van der Waals surface area contributed by atoms with Gasteiger partial charge >= 0.3 is 5.97 Å². The molecule has 0 saturated heterocycles. The van der Waals surface area contributed by atoms with E-state index in [1.165, 1.54) is 37.0 Å². The summed E-state index contributed by atoms with van der Waals surface area (Å²) in [6, 6.07) is 10.5. The summed E-state index contributed by atoms with van der Waals surface area (Å²) in [6.07, 6.45) is 5.32. The lowest BCUT2D eigenvalue weighted by Crippen LogP contribution is -2.13. The summed E-state index contributed by atoms with van der Waals surface area (Å²) in [6.45, 7) is 2.08. The van der Waals surface area contributed by atoms with Crippen LogP contribution in [0.25, 0.3) is 11.1 Å². The molecular formula is C23H26F2O3. The lowest BCUT2D eigenvalue weighted by molar-refractivity contribution is -0.143. The van der Waals surface area contributed by atoms with Crippen LogP contribution in [0.1, 0.15) is 44.6 Å². The highest BCUT2D eigenvalue weighted by Crippen LogP contribution is 2.32. The molecule has 28 heavy (non-hydrogen) atoms. The van der Waals surface area contributed by atoms with Gasteiger partial charge in [0.2, 0.25) is 0 Å². The van der Waals surface area contributed by atoms with Crippen molar-refractivity contribution in [3.8, 4) is 16.9 Å². The van der Waals surface area contributed by atoms with Crippen molar-refractivity contribution < 1.29 is 23.0 Å². The summed E-state index contributed by atoms with van der Waals surface area (Å²) in [5, 5.41) is 0. The first kappa shape index (κ1) is 20.3. The van der Waals surface area contributed by atoms with Gasteiger partial charge in [-0.3, -0.25) is 4.79 Å². The third kappa shape index (κ3) is 5.31. The molecule has 0 aliphatic heterocycles. The molecule has 0 amide bonds. The van der Waals surface area contributed by atoms with Crippen LogP contribution < -0.4 is 4.74 Å². The molecule has 0 radical (unpaired) electrons. The van der Waals surface area contributed by atoms with Gasteiger partial charge in [-0.1, -0.05) is 43.5 Å². The zero-order valence-corrected chi connectivity index (χ0v) is 16.2. The molecule has 0 N–H and O–H groups in total. The molecular weight excluding hydrogens is 362 g/mol. The van der Waals surface area contributed by atoms with Crippen LogP contribution in [0.3, 0.4) is 0 Å². The number of carbonyl (C=O) groups excluding carboxylic acids is 1. The predicted molar refractivity (Wildman–Crippen MR) is 104 cm³/mol. The molecule has 1 aliphatic carbocycles. The van der Waals surface area contributed by atoms with Crippen LogP contribution in [0, 0.1) is 17.6 Å². The first-order valence-corrected chi connectivity index (χ1v) is 9.93. The van der Waals surface area contributed by atoms with Crippen molar-refractivity contribution >= 4 is 5.97 Å². The van der Waals surface area contributed by atoms with Crippen molar-refractivity contribution in [1.82, 2.24) is 0 Å². The average Bonchev–Trinajstić information content (AvgIpc) is 2.64. The van der Waals surface area contributed by atoms with E-state index in [9.17, 15) is 13.6 Å². The number of esters is 1. The fourth-order valence-corrected chi connectivity index (χ4v) is 3.40. The minimum atomic E-state index is -0.740. The maximum atomic E-state index is 14.4. The monoisotopic (exact) mass is 388 g/mol. The summed E-state index contributed by atoms with van der Waals surface area (Å²) in [7, 11) is 0. The van der Waals surface area contributed by atoms with Crippen molar-refractivity contribution in [2.45, 2.75) is 45.4 Å². The maximum Gasteiger partial charge on any atom is 0.305 e. The number of hydrogen-bond donors (Lipinski definition) is 0. The van der Waals surface area contributed by atoms with Gasteiger partial charge in [0.1, 0.15) is 0 Å². The molecule has 0 aromatic heterocycles. The molecule has 0 unspecified atom stereocenters. The number of benzene rings is 2. The zero-order chi connectivity index (χ0) is 19.9. The van der Waals surface area contributed by atoms with Crippen molar-refractivity contribution in [3.63, 3.8) is 0 Å². The second-order valence-electron chi connectivity index (χ2n) is 7.23. The van der Waals surface area contributed by atoms with Crippen molar-refractivity contribution in [2.24, 2.45) is 5.92 Å². The summed E-state index contributed by atoms with van der Waals surface area (Å²) in [5.41, 5.74) is 2.48. The lowest BCUT2D eigenvalue weighted by atomic mass is 9.80. The van der Waals surface area contributed by atoms with Crippen LogP contribution >= 0.6 is 0 Å². The molecule has 0 heterocycles. The molecule has 0 spiro atoms. The SMILES string of the molecule is CCOC(=O)CCCOc1c(F)cc(-c2cccc(CC3CCC3)c2)cc1F. The Hall–Kier alpha value is -2.43. The van der Waals surface area contributed by atoms with E-state index in [4.69, 9.17) is 9.47 Å². The van der Waals surface area contributed by atoms with Gasteiger partial charge in [0.15, 0.2) is 17.4 Å². The topological polar surface area (TPSA) is 35.5 Å². The highest BCUT2D eigenvalue weighted by molar-refractivity contribution is 5.69. The molecule has 0 bridgehead atoms. The molecule has 1 fully saturated rings. The van der Waals surface area contributed by atoms with E-state index in [2.05, 4.69) is 6.07 Å². The van der Waals surface area contributed by atoms with Gasteiger partial charge in [-0.05, 0) is 54.5 Å². The minimum absolute atomic E-state index is 0.0445. The second-order valence-corrected chi connectivity index (χ2v) is 7.23. The Bertz CT molecular complexity index is 792. The van der Waals surface area contributed by atoms with Gasteiger partial charge in [-0.15, -0.1) is 0 Å². The third-order valence-electron chi connectivity index (χ3n) is 5.08. The van der Waals surface area contributed by atoms with Crippen LogP contribution in [0.5, 0.6) is 5.75 Å². The van der Waals surface area contributed by atoms with Crippen molar-refractivity contribution in [2.75, 3.05) is 13.2 Å². The third-order valence-corrected chi connectivity index (χ3v) is 5.08. The zero-order valence-electron chi connectivity index (χ0n) is 16.2. The molecule has 0 atom stereocenters. The number of carbonyl (C=O) groups is 1. The fraction of sp³-hybridized carbons (Fsp3) is 0.435. The van der Waals surface area contributed by atoms with Gasteiger partial charge < -0.3 is 9.47 Å². The highest BCUT2D eigenvalue weighted by atomic mass is 19.1. The largest absolute Gasteiger partial charge is 0.488 e. The Morgan fingerprint density at radius 1 is 1.11 bits per heavy atom. The second kappa shape index (κ2) is 9.67. The molecule has 1 saturated carbocycles. The molecule has 3 nitrogen and oxygen atoms in total. The van der Waals surface area contributed by atoms with Gasteiger partial charge in [0.25, 0.3) is 0 Å². The molecule has 3 rings (SSSR count). The van der Waals surface area contributed by atoms with Gasteiger partial charge in [-0.2, -0.15) is 0 Å². The smallest absolute Gasteiger partial charge is 0.305 e. The average molecular weight is 388 g/mol. The first-order chi connectivity index (χ1) is 13.6. The molecule has 2 aromatic carbocycles. The van der Waals surface area contributed by atoms with E-state index < -0.39 is 17.4 Å². The number of ether oxygens (including phenoxy) is 2. The summed E-state index contributed by atoms with van der Waals surface area (Å²) >= 11 is 0. The Labute approximate surface area is 164 Å². The first-order valence-electron chi connectivity index (χ1n) is 9.93. The Kier molecular flexibility index (Phi) is 7.01. The standard InChI is InChI=1S/C23H26F2O3/c1-2-27-22(26)10-5-11-28-23-20(24)14-19(15-21(23)25)18-9-4-8-17(13-18)12-16-6-3-7-16/h4,8-9,13-16H,2-3,5-7,10-12H2,1H3. The van der Waals surface area contributed by atoms with Crippen LogP contribution in [0.15, 0.2) is 36.4 Å². The van der Waals surface area contributed by atoms with Crippen molar-refractivity contribution in [1.29, 1.82) is 0 Å². The summed E-state index contributed by atoms with van der Waals surface area (Å²) in [5.74, 6) is -1.50. The van der Waals surface area contributed by atoms with E-state index in [1.54, 1.807) is 6.92 Å². The number of halogens is 2. The molecule has 2 aromatic rings. The van der Waals surface area contributed by atoms with E-state index in [0.717, 1.165) is 17.9 Å². The van der Waals surface area contributed by atoms with E-state index in [1.807, 2.05) is 18.2 Å². The van der Waals surface area contributed by atoms with Crippen LogP contribution in [-0.2, 0) is 16.0 Å². The molecule has 1 aliphatic rings.